The number of ketones is 1. The summed E-state index contributed by atoms with van der Waals surface area (Å²) in [6, 6.07) is 15.4. The van der Waals surface area contributed by atoms with Gasteiger partial charge in [-0.05, 0) is 47.5 Å². The Labute approximate surface area is 150 Å². The lowest BCUT2D eigenvalue weighted by Gasteiger charge is -2.14. The predicted octanol–water partition coefficient (Wildman–Crippen LogP) is 3.40. The number of Topliss-reactive ketones (excluding diaryl/α,β-unsaturated/α-hetero) is 1. The van der Waals surface area contributed by atoms with Gasteiger partial charge in [-0.1, -0.05) is 48.2 Å². The summed E-state index contributed by atoms with van der Waals surface area (Å²) in [7, 11) is 1.60. The molecular weight excluding hydrogens is 336 g/mol. The molecule has 2 aromatic carbocycles. The van der Waals surface area contributed by atoms with Gasteiger partial charge in [0.1, 0.15) is 17.2 Å². The maximum absolute atomic E-state index is 12.2. The van der Waals surface area contributed by atoms with Gasteiger partial charge in [-0.25, -0.2) is 0 Å². The van der Waals surface area contributed by atoms with Crippen LogP contribution < -0.4 is 4.74 Å². The zero-order valence-corrected chi connectivity index (χ0v) is 15.0. The van der Waals surface area contributed by atoms with Crippen LogP contribution in [-0.2, 0) is 4.79 Å². The molecule has 25 heavy (non-hydrogen) atoms. The fourth-order valence-corrected chi connectivity index (χ4v) is 3.48. The molecule has 1 atom stereocenters. The van der Waals surface area contributed by atoms with Gasteiger partial charge in [0.25, 0.3) is 0 Å². The summed E-state index contributed by atoms with van der Waals surface area (Å²) in [5.41, 5.74) is 2.73. The average molecular weight is 354 g/mol. The van der Waals surface area contributed by atoms with Gasteiger partial charge in [0.15, 0.2) is 0 Å². The molecule has 1 unspecified atom stereocenters. The summed E-state index contributed by atoms with van der Waals surface area (Å²) in [5, 5.41) is 12.1. The highest BCUT2D eigenvalue weighted by atomic mass is 32.2. The predicted molar refractivity (Wildman–Crippen MR) is 96.2 cm³/mol. The third kappa shape index (κ3) is 3.71. The third-order valence-corrected chi connectivity index (χ3v) is 5.00. The fourth-order valence-electron chi connectivity index (χ4n) is 2.49. The van der Waals surface area contributed by atoms with E-state index in [1.807, 2.05) is 55.5 Å². The van der Waals surface area contributed by atoms with Crippen LogP contribution in [0.25, 0.3) is 5.69 Å². The summed E-state index contributed by atoms with van der Waals surface area (Å²) in [5.74, 6) is 0.709. The molecule has 0 aliphatic carbocycles. The number of hydrogen-bond donors (Lipinski definition) is 0. The molecule has 128 valence electrons. The Kier molecular flexibility index (Phi) is 5.14. The molecule has 0 aliphatic rings. The number of hydrogen-bond acceptors (Lipinski definition) is 6. The maximum Gasteiger partial charge on any atom is 0.215 e. The Morgan fingerprint density at radius 3 is 2.64 bits per heavy atom. The zero-order chi connectivity index (χ0) is 17.8. The molecule has 0 aliphatic heterocycles. The van der Waals surface area contributed by atoms with Gasteiger partial charge in [0, 0.05) is 0 Å². The highest BCUT2D eigenvalue weighted by Gasteiger charge is 2.23. The minimum atomic E-state index is -0.373. The highest BCUT2D eigenvalue weighted by molar-refractivity contribution is 8.00. The number of carbonyl (C=O) groups is 1. The topological polar surface area (TPSA) is 69.9 Å². The SMILES string of the molecule is COc1ccc(C)cc1-n1nnnc1SC(C(C)=O)c1ccccc1. The molecule has 0 saturated carbocycles. The van der Waals surface area contributed by atoms with Crippen LogP contribution in [0, 0.1) is 6.92 Å². The van der Waals surface area contributed by atoms with Crippen LogP contribution in [-0.4, -0.2) is 33.1 Å². The van der Waals surface area contributed by atoms with E-state index >= 15 is 0 Å². The molecule has 6 nitrogen and oxygen atoms in total. The van der Waals surface area contributed by atoms with Crippen molar-refractivity contribution in [1.82, 2.24) is 20.2 Å². The minimum absolute atomic E-state index is 0.0435. The van der Waals surface area contributed by atoms with E-state index in [0.29, 0.717) is 10.9 Å². The number of tetrazole rings is 1. The second-order valence-corrected chi connectivity index (χ2v) is 6.64. The minimum Gasteiger partial charge on any atom is -0.494 e. The Morgan fingerprint density at radius 2 is 1.96 bits per heavy atom. The van der Waals surface area contributed by atoms with Gasteiger partial charge in [-0.2, -0.15) is 4.68 Å². The van der Waals surface area contributed by atoms with Gasteiger partial charge >= 0.3 is 0 Å². The summed E-state index contributed by atoms with van der Waals surface area (Å²) >= 11 is 1.32. The monoisotopic (exact) mass is 354 g/mol. The van der Waals surface area contributed by atoms with Crippen LogP contribution in [0.2, 0.25) is 0 Å². The molecule has 0 amide bonds. The largest absolute Gasteiger partial charge is 0.494 e. The molecule has 0 fully saturated rings. The van der Waals surface area contributed by atoms with Crippen molar-refractivity contribution in [2.45, 2.75) is 24.3 Å². The molecule has 3 aromatic rings. The molecule has 0 N–H and O–H groups in total. The Morgan fingerprint density at radius 1 is 1.20 bits per heavy atom. The zero-order valence-electron chi connectivity index (χ0n) is 14.2. The van der Waals surface area contributed by atoms with Crippen LogP contribution in [0.3, 0.4) is 0 Å². The Balaban J connectivity index is 1.99. The van der Waals surface area contributed by atoms with Crippen LogP contribution >= 0.6 is 11.8 Å². The number of aromatic nitrogens is 4. The maximum atomic E-state index is 12.2. The summed E-state index contributed by atoms with van der Waals surface area (Å²) in [6.07, 6.45) is 0. The van der Waals surface area contributed by atoms with E-state index in [1.165, 1.54) is 11.8 Å². The first-order valence-corrected chi connectivity index (χ1v) is 8.63. The van der Waals surface area contributed by atoms with Crippen LogP contribution in [0.1, 0.15) is 23.3 Å². The number of thioether (sulfide) groups is 1. The number of methoxy groups -OCH3 is 1. The first-order valence-electron chi connectivity index (χ1n) is 7.75. The molecule has 0 radical (unpaired) electrons. The Hall–Kier alpha value is -2.67. The van der Waals surface area contributed by atoms with Gasteiger partial charge in [0.05, 0.1) is 12.4 Å². The standard InChI is InChI=1S/C18H18N4O2S/c1-12-9-10-16(24-3)15(11-12)22-18(19-20-21-22)25-17(13(2)23)14-7-5-4-6-8-14/h4-11,17H,1-3H3. The quantitative estimate of drug-likeness (QED) is 0.632. The lowest BCUT2D eigenvalue weighted by molar-refractivity contribution is -0.116. The van der Waals surface area contributed by atoms with Crippen molar-refractivity contribution >= 4 is 17.5 Å². The van der Waals surface area contributed by atoms with Gasteiger partial charge in [-0.3, -0.25) is 4.79 Å². The summed E-state index contributed by atoms with van der Waals surface area (Å²) < 4.78 is 7.03. The van der Waals surface area contributed by atoms with Crippen molar-refractivity contribution in [1.29, 1.82) is 0 Å². The van der Waals surface area contributed by atoms with Crippen LogP contribution in [0.15, 0.2) is 53.7 Å². The van der Waals surface area contributed by atoms with E-state index in [-0.39, 0.29) is 11.0 Å². The van der Waals surface area contributed by atoms with Crippen molar-refractivity contribution in [3.05, 3.63) is 59.7 Å². The third-order valence-electron chi connectivity index (χ3n) is 3.70. The van der Waals surface area contributed by atoms with Gasteiger partial charge in [-0.15, -0.1) is 5.10 Å². The Bertz CT molecular complexity index is 880. The van der Waals surface area contributed by atoms with E-state index in [1.54, 1.807) is 18.7 Å². The molecule has 7 heteroatoms. The molecular formula is C18H18N4O2S. The summed E-state index contributed by atoms with van der Waals surface area (Å²) in [6.45, 7) is 3.56. The van der Waals surface area contributed by atoms with Crippen molar-refractivity contribution in [2.24, 2.45) is 0 Å². The second-order valence-electron chi connectivity index (χ2n) is 5.57. The average Bonchev–Trinajstić information content (AvgIpc) is 3.08. The van der Waals surface area contributed by atoms with Crippen molar-refractivity contribution < 1.29 is 9.53 Å². The molecule has 1 aromatic heterocycles. The number of carbonyl (C=O) groups excluding carboxylic acids is 1. The van der Waals surface area contributed by atoms with Gasteiger partial charge in [0.2, 0.25) is 5.16 Å². The number of rotatable bonds is 6. The van der Waals surface area contributed by atoms with E-state index in [4.69, 9.17) is 4.74 Å². The van der Waals surface area contributed by atoms with Crippen molar-refractivity contribution in [3.63, 3.8) is 0 Å². The molecule has 1 heterocycles. The molecule has 0 spiro atoms. The number of benzene rings is 2. The smallest absolute Gasteiger partial charge is 0.215 e. The van der Waals surface area contributed by atoms with E-state index in [2.05, 4.69) is 15.5 Å². The van der Waals surface area contributed by atoms with E-state index < -0.39 is 0 Å². The number of nitrogens with zero attached hydrogens (tertiary/aromatic N) is 4. The van der Waals surface area contributed by atoms with Gasteiger partial charge < -0.3 is 4.74 Å². The molecule has 3 rings (SSSR count). The van der Waals surface area contributed by atoms with Crippen molar-refractivity contribution in [2.75, 3.05) is 7.11 Å². The number of aryl methyl sites for hydroxylation is 1. The van der Waals surface area contributed by atoms with Crippen LogP contribution in [0.5, 0.6) is 5.75 Å². The van der Waals surface area contributed by atoms with Crippen LogP contribution in [0.4, 0.5) is 0 Å². The second kappa shape index (κ2) is 7.48. The first kappa shape index (κ1) is 17.2. The molecule has 0 saturated heterocycles. The normalized spacial score (nSPS) is 12.0. The lowest BCUT2D eigenvalue weighted by atomic mass is 10.1. The highest BCUT2D eigenvalue weighted by Crippen LogP contribution is 2.36. The first-order chi connectivity index (χ1) is 12.1. The van der Waals surface area contributed by atoms with Crippen molar-refractivity contribution in [3.8, 4) is 11.4 Å². The summed E-state index contributed by atoms with van der Waals surface area (Å²) in [4.78, 5) is 12.2. The van der Waals surface area contributed by atoms with E-state index in [0.717, 1.165) is 16.8 Å². The lowest BCUT2D eigenvalue weighted by Crippen LogP contribution is -2.08. The van der Waals surface area contributed by atoms with E-state index in [9.17, 15) is 4.79 Å². The fraction of sp³-hybridized carbons (Fsp3) is 0.222. The number of ether oxygens (including phenoxy) is 1. The molecule has 0 bridgehead atoms.